The molecule has 1 heterocycles. The molecule has 86 valence electrons. The molecule has 1 aromatic rings. The van der Waals surface area contributed by atoms with Crippen molar-refractivity contribution in [1.82, 2.24) is 4.98 Å². The van der Waals surface area contributed by atoms with Crippen LogP contribution >= 0.6 is 11.8 Å². The third-order valence-corrected chi connectivity index (χ3v) is 3.06. The van der Waals surface area contributed by atoms with Gasteiger partial charge in [0.2, 0.25) is 0 Å². The monoisotopic (exact) mass is 229 g/mol. The van der Waals surface area contributed by atoms with E-state index in [-0.39, 0.29) is 5.41 Å². The number of nitrogens with zero attached hydrogens (tertiary/aromatic N) is 1. The third-order valence-electron chi connectivity index (χ3n) is 1.77. The van der Waals surface area contributed by atoms with Crippen LogP contribution in [-0.4, -0.2) is 21.4 Å². The summed E-state index contributed by atoms with van der Waals surface area (Å²) in [7, 11) is 0. The van der Waals surface area contributed by atoms with Gasteiger partial charge in [-0.2, -0.15) is 0 Å². The van der Waals surface area contributed by atoms with Crippen molar-refractivity contribution in [2.24, 2.45) is 0 Å². The summed E-state index contributed by atoms with van der Waals surface area (Å²) in [4.78, 5) is 4.17. The van der Waals surface area contributed by atoms with Gasteiger partial charge >= 0.3 is 0 Å². The highest BCUT2D eigenvalue weighted by molar-refractivity contribution is 7.99. The van der Waals surface area contributed by atoms with E-state index >= 15 is 0 Å². The Labute approximate surface area is 95.3 Å². The van der Waals surface area contributed by atoms with Crippen molar-refractivity contribution in [2.45, 2.75) is 50.9 Å². The SMILES string of the molecule is CC(C)(O)CSc1ncc(C(C)(C)C)o1. The molecule has 0 spiro atoms. The molecule has 0 fully saturated rings. The van der Waals surface area contributed by atoms with Crippen molar-refractivity contribution >= 4 is 11.8 Å². The summed E-state index contributed by atoms with van der Waals surface area (Å²) < 4.78 is 5.58. The lowest BCUT2D eigenvalue weighted by atomic mass is 9.94. The first-order valence-electron chi connectivity index (χ1n) is 5.00. The maximum absolute atomic E-state index is 9.56. The van der Waals surface area contributed by atoms with E-state index in [0.29, 0.717) is 11.0 Å². The van der Waals surface area contributed by atoms with Gasteiger partial charge in [-0.1, -0.05) is 32.5 Å². The van der Waals surface area contributed by atoms with Crippen molar-refractivity contribution < 1.29 is 9.52 Å². The summed E-state index contributed by atoms with van der Waals surface area (Å²) in [5.74, 6) is 1.46. The zero-order chi connectivity index (χ0) is 11.7. The first-order chi connectivity index (χ1) is 6.68. The molecule has 1 N–H and O–H groups in total. The molecule has 1 rings (SSSR count). The fraction of sp³-hybridized carbons (Fsp3) is 0.727. The number of aromatic nitrogens is 1. The molecule has 15 heavy (non-hydrogen) atoms. The van der Waals surface area contributed by atoms with Crippen LogP contribution in [0, 0.1) is 0 Å². The van der Waals surface area contributed by atoms with E-state index in [1.54, 1.807) is 20.0 Å². The van der Waals surface area contributed by atoms with E-state index in [2.05, 4.69) is 25.8 Å². The van der Waals surface area contributed by atoms with Crippen molar-refractivity contribution in [3.63, 3.8) is 0 Å². The maximum Gasteiger partial charge on any atom is 0.255 e. The maximum atomic E-state index is 9.56. The van der Waals surface area contributed by atoms with Crippen LogP contribution < -0.4 is 0 Å². The topological polar surface area (TPSA) is 46.3 Å². The molecule has 0 radical (unpaired) electrons. The Morgan fingerprint density at radius 1 is 1.33 bits per heavy atom. The Balaban J connectivity index is 2.62. The van der Waals surface area contributed by atoms with Gasteiger partial charge < -0.3 is 9.52 Å². The summed E-state index contributed by atoms with van der Waals surface area (Å²) in [5, 5.41) is 10.2. The van der Waals surface area contributed by atoms with Crippen LogP contribution in [0.4, 0.5) is 0 Å². The van der Waals surface area contributed by atoms with Gasteiger partial charge in [-0.25, -0.2) is 4.98 Å². The van der Waals surface area contributed by atoms with Crippen molar-refractivity contribution in [2.75, 3.05) is 5.75 Å². The number of hydrogen-bond donors (Lipinski definition) is 1. The third kappa shape index (κ3) is 4.26. The van der Waals surface area contributed by atoms with Gasteiger partial charge in [0.05, 0.1) is 11.8 Å². The van der Waals surface area contributed by atoms with Crippen molar-refractivity contribution in [1.29, 1.82) is 0 Å². The van der Waals surface area contributed by atoms with Gasteiger partial charge in [-0.05, 0) is 13.8 Å². The van der Waals surface area contributed by atoms with E-state index in [1.807, 2.05) is 0 Å². The molecule has 0 amide bonds. The summed E-state index contributed by atoms with van der Waals surface area (Å²) >= 11 is 1.44. The van der Waals surface area contributed by atoms with Crippen LogP contribution in [0.3, 0.4) is 0 Å². The van der Waals surface area contributed by atoms with Gasteiger partial charge in [0, 0.05) is 11.2 Å². The van der Waals surface area contributed by atoms with Crippen LogP contribution in [-0.2, 0) is 5.41 Å². The second-order valence-electron chi connectivity index (χ2n) is 5.34. The molecule has 0 bridgehead atoms. The lowest BCUT2D eigenvalue weighted by Gasteiger charge is -2.15. The summed E-state index contributed by atoms with van der Waals surface area (Å²) in [6.45, 7) is 9.79. The van der Waals surface area contributed by atoms with Crippen LogP contribution in [0.5, 0.6) is 0 Å². The zero-order valence-corrected chi connectivity index (χ0v) is 10.8. The molecule has 0 saturated carbocycles. The van der Waals surface area contributed by atoms with E-state index in [4.69, 9.17) is 4.42 Å². The molecule has 0 aliphatic heterocycles. The molecule has 3 nitrogen and oxygen atoms in total. The molecule has 0 atom stereocenters. The van der Waals surface area contributed by atoms with Gasteiger partial charge in [0.15, 0.2) is 0 Å². The molecule has 0 unspecified atom stereocenters. The minimum atomic E-state index is -0.693. The van der Waals surface area contributed by atoms with Gasteiger partial charge in [-0.3, -0.25) is 0 Å². The summed E-state index contributed by atoms with van der Waals surface area (Å²) in [5.41, 5.74) is -0.707. The number of hydrogen-bond acceptors (Lipinski definition) is 4. The Hall–Kier alpha value is -0.480. The highest BCUT2D eigenvalue weighted by atomic mass is 32.2. The average molecular weight is 229 g/mol. The van der Waals surface area contributed by atoms with E-state index in [0.717, 1.165) is 5.76 Å². The second kappa shape index (κ2) is 4.18. The second-order valence-corrected chi connectivity index (χ2v) is 6.27. The van der Waals surface area contributed by atoms with Crippen LogP contribution in [0.1, 0.15) is 40.4 Å². The molecule has 0 aliphatic carbocycles. The standard InChI is InChI=1S/C11H19NO2S/c1-10(2,3)8-6-12-9(14-8)15-7-11(4,5)13/h6,13H,7H2,1-5H3. The van der Waals surface area contributed by atoms with Gasteiger partial charge in [-0.15, -0.1) is 0 Å². The predicted molar refractivity (Wildman–Crippen MR) is 62.2 cm³/mol. The zero-order valence-electron chi connectivity index (χ0n) is 10.00. The van der Waals surface area contributed by atoms with E-state index < -0.39 is 5.60 Å². The molecule has 0 aromatic carbocycles. The first-order valence-corrected chi connectivity index (χ1v) is 5.98. The lowest BCUT2D eigenvalue weighted by molar-refractivity contribution is 0.106. The lowest BCUT2D eigenvalue weighted by Crippen LogP contribution is -2.21. The van der Waals surface area contributed by atoms with Crippen molar-refractivity contribution in [3.8, 4) is 0 Å². The van der Waals surface area contributed by atoms with Gasteiger partial charge in [0.1, 0.15) is 5.76 Å². The minimum absolute atomic E-state index is 0.0134. The highest BCUT2D eigenvalue weighted by Gasteiger charge is 2.20. The van der Waals surface area contributed by atoms with Crippen molar-refractivity contribution in [3.05, 3.63) is 12.0 Å². The number of thioether (sulfide) groups is 1. The first kappa shape index (κ1) is 12.6. The number of oxazole rings is 1. The Bertz CT molecular complexity index is 320. The van der Waals surface area contributed by atoms with Crippen LogP contribution in [0.15, 0.2) is 15.8 Å². The molecule has 0 saturated heterocycles. The molecular formula is C11H19NO2S. The Morgan fingerprint density at radius 3 is 2.33 bits per heavy atom. The summed E-state index contributed by atoms with van der Waals surface area (Å²) in [6.07, 6.45) is 1.76. The Morgan fingerprint density at radius 2 is 1.93 bits per heavy atom. The van der Waals surface area contributed by atoms with E-state index in [1.165, 1.54) is 11.8 Å². The number of aliphatic hydroxyl groups is 1. The average Bonchev–Trinajstić information content (AvgIpc) is 2.45. The fourth-order valence-electron chi connectivity index (χ4n) is 0.910. The largest absolute Gasteiger partial charge is 0.436 e. The van der Waals surface area contributed by atoms with Crippen LogP contribution in [0.25, 0.3) is 0 Å². The quantitative estimate of drug-likeness (QED) is 0.810. The predicted octanol–water partition coefficient (Wildman–Crippen LogP) is 2.84. The molecule has 4 heteroatoms. The molecular weight excluding hydrogens is 210 g/mol. The van der Waals surface area contributed by atoms with Crippen LogP contribution in [0.2, 0.25) is 0 Å². The normalized spacial score (nSPS) is 13.2. The minimum Gasteiger partial charge on any atom is -0.436 e. The smallest absolute Gasteiger partial charge is 0.255 e. The molecule has 1 aromatic heterocycles. The highest BCUT2D eigenvalue weighted by Crippen LogP contribution is 2.28. The fourth-order valence-corrected chi connectivity index (χ4v) is 1.66. The van der Waals surface area contributed by atoms with E-state index in [9.17, 15) is 5.11 Å². The molecule has 0 aliphatic rings. The summed E-state index contributed by atoms with van der Waals surface area (Å²) in [6, 6.07) is 0. The number of rotatable bonds is 3. The van der Waals surface area contributed by atoms with Gasteiger partial charge in [0.25, 0.3) is 5.22 Å². The Kier molecular flexibility index (Phi) is 3.51.